The molecule has 0 amide bonds. The molecule has 0 atom stereocenters. The summed E-state index contributed by atoms with van der Waals surface area (Å²) in [4.78, 5) is 23.9. The van der Waals surface area contributed by atoms with Crippen LogP contribution in [0.5, 0.6) is 0 Å². The van der Waals surface area contributed by atoms with Gasteiger partial charge >= 0.3 is 0 Å². The van der Waals surface area contributed by atoms with E-state index in [1.165, 1.54) is 5.57 Å². The third kappa shape index (κ3) is 7.05. The zero-order valence-electron chi connectivity index (χ0n) is 21.0. The van der Waals surface area contributed by atoms with Gasteiger partial charge in [0.2, 0.25) is 5.95 Å². The second-order valence-electron chi connectivity index (χ2n) is 7.44. The summed E-state index contributed by atoms with van der Waals surface area (Å²) < 4.78 is 11.4. The standard InChI is InChI=1S/C23H33N5O3.C2H6/c1-5-8-16(7-3)14-20(24-4)26-23-25-17-15-19(18(29)9-6-2)31-21(17)22(27-23)28-10-12-30-13-11-28;1-2/h8,14-15,24H,5-7,9-13H2,1-4H3,(H,25,26,27);1-2H3/b16-8-,20-14+;. The maximum absolute atomic E-state index is 12.4. The Kier molecular flexibility index (Phi) is 10.9. The van der Waals surface area contributed by atoms with Gasteiger partial charge in [0.05, 0.1) is 13.2 Å². The number of anilines is 2. The summed E-state index contributed by atoms with van der Waals surface area (Å²) in [6.07, 6.45) is 7.39. The number of ether oxygens (including phenoxy) is 1. The van der Waals surface area contributed by atoms with Gasteiger partial charge in [-0.25, -0.2) is 4.98 Å². The Hall–Kier alpha value is -2.87. The van der Waals surface area contributed by atoms with E-state index in [2.05, 4.69) is 46.5 Å². The number of fused-ring (bicyclic) bond motifs is 1. The number of rotatable bonds is 10. The first-order valence-corrected chi connectivity index (χ1v) is 12.1. The lowest BCUT2D eigenvalue weighted by molar-refractivity contribution is 0.0957. The molecular weight excluding hydrogens is 418 g/mol. The number of allylic oxidation sites excluding steroid dienone is 3. The van der Waals surface area contributed by atoms with Crippen LogP contribution in [0.3, 0.4) is 0 Å². The normalized spacial score (nSPS) is 14.7. The summed E-state index contributed by atoms with van der Waals surface area (Å²) in [7, 11) is 1.86. The van der Waals surface area contributed by atoms with Crippen molar-refractivity contribution in [2.24, 2.45) is 0 Å². The highest BCUT2D eigenvalue weighted by Crippen LogP contribution is 2.30. The van der Waals surface area contributed by atoms with E-state index < -0.39 is 0 Å². The first kappa shape index (κ1) is 26.4. The Labute approximate surface area is 197 Å². The van der Waals surface area contributed by atoms with Gasteiger partial charge in [0, 0.05) is 32.6 Å². The molecule has 8 nitrogen and oxygen atoms in total. The number of carbonyl (C=O) groups excluding carboxylic acids is 1. The maximum atomic E-state index is 12.4. The molecule has 2 aromatic rings. The van der Waals surface area contributed by atoms with Crippen molar-refractivity contribution in [1.29, 1.82) is 0 Å². The van der Waals surface area contributed by atoms with Crippen molar-refractivity contribution in [3.05, 3.63) is 35.4 Å². The summed E-state index contributed by atoms with van der Waals surface area (Å²) in [5.41, 5.74) is 2.39. The molecule has 182 valence electrons. The molecule has 1 fully saturated rings. The molecule has 2 N–H and O–H groups in total. The van der Waals surface area contributed by atoms with Crippen LogP contribution < -0.4 is 15.5 Å². The topological polar surface area (TPSA) is 92.5 Å². The molecule has 2 aromatic heterocycles. The monoisotopic (exact) mass is 457 g/mol. The zero-order valence-corrected chi connectivity index (χ0v) is 21.0. The molecule has 1 aliphatic heterocycles. The number of carbonyl (C=O) groups is 1. The molecule has 0 spiro atoms. The Morgan fingerprint density at radius 2 is 1.91 bits per heavy atom. The lowest BCUT2D eigenvalue weighted by atomic mass is 10.1. The van der Waals surface area contributed by atoms with Crippen molar-refractivity contribution in [3.8, 4) is 0 Å². The van der Waals surface area contributed by atoms with Crippen LogP contribution in [0.15, 0.2) is 34.0 Å². The molecule has 0 saturated carbocycles. The van der Waals surface area contributed by atoms with Crippen LogP contribution in [-0.4, -0.2) is 49.1 Å². The maximum Gasteiger partial charge on any atom is 0.231 e. The van der Waals surface area contributed by atoms with Crippen molar-refractivity contribution < 1.29 is 13.9 Å². The molecular formula is C25H39N5O3. The van der Waals surface area contributed by atoms with Crippen LogP contribution >= 0.6 is 0 Å². The van der Waals surface area contributed by atoms with E-state index in [4.69, 9.17) is 14.1 Å². The first-order valence-electron chi connectivity index (χ1n) is 12.1. The fraction of sp³-hybridized carbons (Fsp3) is 0.560. The molecule has 1 saturated heterocycles. The predicted octanol–water partition coefficient (Wildman–Crippen LogP) is 5.29. The summed E-state index contributed by atoms with van der Waals surface area (Å²) in [6.45, 7) is 12.9. The highest BCUT2D eigenvalue weighted by Gasteiger charge is 2.22. The molecule has 33 heavy (non-hydrogen) atoms. The van der Waals surface area contributed by atoms with Gasteiger partial charge < -0.3 is 24.7 Å². The fourth-order valence-electron chi connectivity index (χ4n) is 3.49. The van der Waals surface area contributed by atoms with Crippen molar-refractivity contribution in [1.82, 2.24) is 15.3 Å². The van der Waals surface area contributed by atoms with E-state index in [1.807, 2.05) is 27.8 Å². The smallest absolute Gasteiger partial charge is 0.231 e. The molecule has 0 unspecified atom stereocenters. The van der Waals surface area contributed by atoms with Crippen LogP contribution in [0, 0.1) is 0 Å². The van der Waals surface area contributed by atoms with E-state index in [9.17, 15) is 4.79 Å². The van der Waals surface area contributed by atoms with E-state index in [-0.39, 0.29) is 5.78 Å². The summed E-state index contributed by atoms with van der Waals surface area (Å²) in [5.74, 6) is 2.26. The Morgan fingerprint density at radius 3 is 2.52 bits per heavy atom. The lowest BCUT2D eigenvalue weighted by Gasteiger charge is -2.27. The van der Waals surface area contributed by atoms with Crippen molar-refractivity contribution >= 4 is 28.6 Å². The Morgan fingerprint density at radius 1 is 1.18 bits per heavy atom. The van der Waals surface area contributed by atoms with Crippen LogP contribution in [0.4, 0.5) is 11.8 Å². The van der Waals surface area contributed by atoms with Gasteiger partial charge in [-0.2, -0.15) is 4.98 Å². The second kappa shape index (κ2) is 13.6. The number of Topliss-reactive ketones (excluding diaryl/α,β-unsaturated/α-hetero) is 1. The van der Waals surface area contributed by atoms with Gasteiger partial charge in [-0.15, -0.1) is 0 Å². The van der Waals surface area contributed by atoms with Crippen LogP contribution in [-0.2, 0) is 4.74 Å². The van der Waals surface area contributed by atoms with Gasteiger partial charge in [-0.3, -0.25) is 4.79 Å². The van der Waals surface area contributed by atoms with Crippen molar-refractivity contribution in [2.75, 3.05) is 43.6 Å². The van der Waals surface area contributed by atoms with Crippen LogP contribution in [0.25, 0.3) is 11.1 Å². The molecule has 8 heteroatoms. The number of furan rings is 1. The average Bonchev–Trinajstić information content (AvgIpc) is 3.29. The van der Waals surface area contributed by atoms with Crippen molar-refractivity contribution in [3.63, 3.8) is 0 Å². The Bertz CT molecular complexity index is 958. The Balaban J connectivity index is 0.00000187. The molecule has 3 rings (SSSR count). The number of hydrogen-bond acceptors (Lipinski definition) is 8. The third-order valence-electron chi connectivity index (χ3n) is 5.14. The van der Waals surface area contributed by atoms with Gasteiger partial charge in [-0.1, -0.05) is 40.7 Å². The molecule has 0 bridgehead atoms. The predicted molar refractivity (Wildman–Crippen MR) is 135 cm³/mol. The number of morpholine rings is 1. The number of ketones is 1. The summed E-state index contributed by atoms with van der Waals surface area (Å²) in [6, 6.07) is 1.72. The minimum atomic E-state index is -0.0176. The van der Waals surface area contributed by atoms with E-state index in [0.717, 1.165) is 25.1 Å². The first-order chi connectivity index (χ1) is 16.1. The quantitative estimate of drug-likeness (QED) is 0.367. The fourth-order valence-corrected chi connectivity index (χ4v) is 3.49. The summed E-state index contributed by atoms with van der Waals surface area (Å²) in [5, 5.41) is 6.47. The molecule has 0 aliphatic carbocycles. The molecule has 0 radical (unpaired) electrons. The van der Waals surface area contributed by atoms with E-state index in [1.54, 1.807) is 6.07 Å². The third-order valence-corrected chi connectivity index (χ3v) is 5.14. The minimum Gasteiger partial charge on any atom is -0.447 e. The van der Waals surface area contributed by atoms with Gasteiger partial charge in [-0.05, 0) is 30.9 Å². The van der Waals surface area contributed by atoms with E-state index in [0.29, 0.717) is 61.4 Å². The highest BCUT2D eigenvalue weighted by molar-refractivity contribution is 5.98. The second-order valence-corrected chi connectivity index (χ2v) is 7.44. The number of hydrogen-bond donors (Lipinski definition) is 2. The highest BCUT2D eigenvalue weighted by atomic mass is 16.5. The number of nitrogens with one attached hydrogen (secondary N) is 2. The number of nitrogens with zero attached hydrogens (tertiary/aromatic N) is 3. The minimum absolute atomic E-state index is 0.0176. The van der Waals surface area contributed by atoms with Crippen LogP contribution in [0.2, 0.25) is 0 Å². The van der Waals surface area contributed by atoms with Crippen LogP contribution in [0.1, 0.15) is 70.9 Å². The van der Waals surface area contributed by atoms with Gasteiger partial charge in [0.15, 0.2) is 22.9 Å². The molecule has 1 aliphatic rings. The van der Waals surface area contributed by atoms with Crippen molar-refractivity contribution in [2.45, 2.75) is 60.3 Å². The zero-order chi connectivity index (χ0) is 24.2. The lowest BCUT2D eigenvalue weighted by Crippen LogP contribution is -2.37. The number of aromatic nitrogens is 2. The van der Waals surface area contributed by atoms with Gasteiger partial charge in [0.1, 0.15) is 11.3 Å². The SMILES string of the molecule is CC.CC/C=C(\C=C(/NC)Nc1nc(N2CCOCC2)c2oc(C(=O)CCC)cc2n1)CC. The molecule has 3 heterocycles. The van der Waals surface area contributed by atoms with Gasteiger partial charge in [0.25, 0.3) is 0 Å². The average molecular weight is 458 g/mol. The largest absolute Gasteiger partial charge is 0.447 e. The van der Waals surface area contributed by atoms with E-state index >= 15 is 0 Å². The summed E-state index contributed by atoms with van der Waals surface area (Å²) >= 11 is 0. The molecule has 0 aromatic carbocycles.